The van der Waals surface area contributed by atoms with Gasteiger partial charge >= 0.3 is 0 Å². The van der Waals surface area contributed by atoms with Crippen LogP contribution in [0.1, 0.15) is 45.0 Å². The monoisotopic (exact) mass is 530 g/mol. The maximum absolute atomic E-state index is 4.69. The molecule has 1 aromatic carbocycles. The molecular weight excluding hydrogens is 495 g/mol. The summed E-state index contributed by atoms with van der Waals surface area (Å²) in [7, 11) is 4.01. The van der Waals surface area contributed by atoms with Crippen LogP contribution in [0, 0.1) is 0 Å². The molecule has 1 heterocycles. The summed E-state index contributed by atoms with van der Waals surface area (Å²) in [6, 6.07) is 10.8. The van der Waals surface area contributed by atoms with Crippen LogP contribution in [0.25, 0.3) is 0 Å². The molecule has 0 aliphatic heterocycles. The Labute approximate surface area is 196 Å². The molecule has 8 heteroatoms. The highest BCUT2D eigenvalue weighted by molar-refractivity contribution is 14.0. The number of thiazole rings is 1. The lowest BCUT2D eigenvalue weighted by atomic mass is 10.0. The second kappa shape index (κ2) is 12.3. The van der Waals surface area contributed by atoms with Gasteiger partial charge in [-0.2, -0.15) is 0 Å². The zero-order valence-corrected chi connectivity index (χ0v) is 21.5. The Kier molecular flexibility index (Phi) is 10.9. The van der Waals surface area contributed by atoms with Crippen molar-refractivity contribution in [3.05, 3.63) is 47.0 Å². The van der Waals surface area contributed by atoms with Crippen molar-refractivity contribution >= 4 is 46.4 Å². The van der Waals surface area contributed by atoms with Crippen LogP contribution < -0.4 is 20.9 Å². The van der Waals surface area contributed by atoms with Crippen LogP contribution in [-0.4, -0.2) is 43.7 Å². The van der Waals surface area contributed by atoms with E-state index in [1.807, 2.05) is 25.1 Å². The molecule has 2 aromatic rings. The number of hydrogen-bond donors (Lipinski definition) is 3. The number of anilines is 1. The second-order valence-electron chi connectivity index (χ2n) is 7.73. The summed E-state index contributed by atoms with van der Waals surface area (Å²) < 4.78 is 0. The van der Waals surface area contributed by atoms with Gasteiger partial charge in [0.15, 0.2) is 11.1 Å². The molecule has 0 amide bonds. The topological polar surface area (TPSA) is 64.6 Å². The molecule has 0 aliphatic carbocycles. The molecule has 0 aliphatic rings. The fraction of sp³-hybridized carbons (Fsp3) is 0.524. The number of aliphatic imine (C=N–C) groups is 1. The van der Waals surface area contributed by atoms with E-state index >= 15 is 0 Å². The standard InChI is InChI=1S/C21H34N6S.HI/c1-7-22-19(23-13-18-14-28-20(25-18)27(5)6)24-15-21(3,4)26-16(2)17-11-9-8-10-12-17;/h8-12,14,16,26H,7,13,15H2,1-6H3,(H2,22,23,24);1H. The highest BCUT2D eigenvalue weighted by atomic mass is 127. The molecule has 6 nitrogen and oxygen atoms in total. The number of nitrogens with zero attached hydrogens (tertiary/aromatic N) is 3. The fourth-order valence-electron chi connectivity index (χ4n) is 2.84. The van der Waals surface area contributed by atoms with Crippen molar-refractivity contribution in [1.29, 1.82) is 0 Å². The summed E-state index contributed by atoms with van der Waals surface area (Å²) >= 11 is 1.64. The minimum atomic E-state index is -0.0931. The van der Waals surface area contributed by atoms with Crippen molar-refractivity contribution in [2.24, 2.45) is 4.99 Å². The number of guanidine groups is 1. The predicted octanol–water partition coefficient (Wildman–Crippen LogP) is 4.01. The van der Waals surface area contributed by atoms with Crippen molar-refractivity contribution in [2.75, 3.05) is 32.1 Å². The quantitative estimate of drug-likeness (QED) is 0.260. The Morgan fingerprint density at radius 2 is 1.90 bits per heavy atom. The molecule has 0 radical (unpaired) electrons. The normalized spacial score (nSPS) is 12.8. The summed E-state index contributed by atoms with van der Waals surface area (Å²) in [5.41, 5.74) is 2.18. The fourth-order valence-corrected chi connectivity index (χ4v) is 3.59. The van der Waals surface area contributed by atoms with Crippen LogP contribution in [0.5, 0.6) is 0 Å². The molecular formula is C21H35IN6S. The maximum atomic E-state index is 4.69. The number of hydrogen-bond acceptors (Lipinski definition) is 5. The van der Waals surface area contributed by atoms with Crippen molar-refractivity contribution in [1.82, 2.24) is 20.9 Å². The van der Waals surface area contributed by atoms with Gasteiger partial charge in [0.25, 0.3) is 0 Å². The molecule has 3 N–H and O–H groups in total. The van der Waals surface area contributed by atoms with Crippen LogP contribution in [0.2, 0.25) is 0 Å². The van der Waals surface area contributed by atoms with E-state index in [9.17, 15) is 0 Å². The number of benzene rings is 1. The van der Waals surface area contributed by atoms with E-state index in [4.69, 9.17) is 0 Å². The van der Waals surface area contributed by atoms with Gasteiger partial charge in [-0.15, -0.1) is 35.3 Å². The Balaban J connectivity index is 0.00000420. The number of aromatic nitrogens is 1. The first-order valence-electron chi connectivity index (χ1n) is 9.77. The van der Waals surface area contributed by atoms with Gasteiger partial charge < -0.3 is 20.9 Å². The summed E-state index contributed by atoms with van der Waals surface area (Å²) in [5.74, 6) is 0.809. The summed E-state index contributed by atoms with van der Waals surface area (Å²) in [6.07, 6.45) is 0. The Bertz CT molecular complexity index is 745. The lowest BCUT2D eigenvalue weighted by molar-refractivity contribution is 0.345. The van der Waals surface area contributed by atoms with E-state index in [1.165, 1.54) is 5.56 Å². The van der Waals surface area contributed by atoms with Gasteiger partial charge in [0.1, 0.15) is 0 Å². The number of nitrogens with one attached hydrogen (secondary N) is 3. The van der Waals surface area contributed by atoms with Gasteiger partial charge in [0.2, 0.25) is 0 Å². The number of halogens is 1. The van der Waals surface area contributed by atoms with Gasteiger partial charge in [-0.3, -0.25) is 0 Å². The first-order chi connectivity index (χ1) is 13.3. The molecule has 0 saturated carbocycles. The third kappa shape index (κ3) is 8.88. The van der Waals surface area contributed by atoms with Gasteiger partial charge in [-0.05, 0) is 33.3 Å². The summed E-state index contributed by atoms with van der Waals surface area (Å²) in [5, 5.41) is 13.5. The first-order valence-corrected chi connectivity index (χ1v) is 10.6. The number of rotatable bonds is 9. The molecule has 0 bridgehead atoms. The molecule has 1 aromatic heterocycles. The lowest BCUT2D eigenvalue weighted by Crippen LogP contribution is -2.52. The molecule has 1 atom stereocenters. The van der Waals surface area contributed by atoms with Gasteiger partial charge in [-0.25, -0.2) is 9.98 Å². The van der Waals surface area contributed by atoms with Crippen molar-refractivity contribution < 1.29 is 0 Å². The van der Waals surface area contributed by atoms with Crippen LogP contribution in [0.4, 0.5) is 5.13 Å². The van der Waals surface area contributed by atoms with Gasteiger partial charge in [0.05, 0.1) is 12.2 Å². The second-order valence-corrected chi connectivity index (χ2v) is 8.56. The van der Waals surface area contributed by atoms with E-state index in [0.717, 1.165) is 29.9 Å². The van der Waals surface area contributed by atoms with E-state index < -0.39 is 0 Å². The molecule has 1 unspecified atom stereocenters. The first kappa shape index (κ1) is 25.6. The van der Waals surface area contributed by atoms with Crippen LogP contribution >= 0.6 is 35.3 Å². The molecule has 162 valence electrons. The molecule has 2 rings (SSSR count). The minimum absolute atomic E-state index is 0. The van der Waals surface area contributed by atoms with E-state index in [2.05, 4.69) is 83.3 Å². The minimum Gasteiger partial charge on any atom is -0.357 e. The SMILES string of the molecule is CCNC(=NCc1csc(N(C)C)n1)NCC(C)(C)NC(C)c1ccccc1.I. The smallest absolute Gasteiger partial charge is 0.191 e. The Morgan fingerprint density at radius 1 is 1.21 bits per heavy atom. The lowest BCUT2D eigenvalue weighted by Gasteiger charge is -2.31. The van der Waals surface area contributed by atoms with Gasteiger partial charge in [0, 0.05) is 44.1 Å². The molecule has 0 fully saturated rings. The predicted molar refractivity (Wildman–Crippen MR) is 137 cm³/mol. The molecule has 0 spiro atoms. The molecule has 0 saturated heterocycles. The zero-order valence-electron chi connectivity index (χ0n) is 18.3. The highest BCUT2D eigenvalue weighted by Crippen LogP contribution is 2.18. The average molecular weight is 531 g/mol. The largest absolute Gasteiger partial charge is 0.357 e. The third-order valence-electron chi connectivity index (χ3n) is 4.27. The van der Waals surface area contributed by atoms with Crippen molar-refractivity contribution in [3.8, 4) is 0 Å². The molecule has 29 heavy (non-hydrogen) atoms. The Hall–Kier alpha value is -1.39. The van der Waals surface area contributed by atoms with E-state index in [0.29, 0.717) is 6.54 Å². The van der Waals surface area contributed by atoms with E-state index in [-0.39, 0.29) is 35.6 Å². The van der Waals surface area contributed by atoms with Crippen LogP contribution in [-0.2, 0) is 6.54 Å². The zero-order chi connectivity index (χ0) is 20.6. The summed E-state index contributed by atoms with van der Waals surface area (Å²) in [6.45, 7) is 10.8. The van der Waals surface area contributed by atoms with Crippen LogP contribution in [0.15, 0.2) is 40.7 Å². The average Bonchev–Trinajstić information content (AvgIpc) is 3.14. The van der Waals surface area contributed by atoms with E-state index in [1.54, 1.807) is 11.3 Å². The van der Waals surface area contributed by atoms with Crippen molar-refractivity contribution in [3.63, 3.8) is 0 Å². The summed E-state index contributed by atoms with van der Waals surface area (Å²) in [4.78, 5) is 11.3. The Morgan fingerprint density at radius 3 is 2.48 bits per heavy atom. The van der Waals surface area contributed by atoms with Crippen LogP contribution in [0.3, 0.4) is 0 Å². The highest BCUT2D eigenvalue weighted by Gasteiger charge is 2.21. The third-order valence-corrected chi connectivity index (χ3v) is 5.33. The van der Waals surface area contributed by atoms with Crippen molar-refractivity contribution in [2.45, 2.75) is 45.8 Å². The maximum Gasteiger partial charge on any atom is 0.191 e. The van der Waals surface area contributed by atoms with Gasteiger partial charge in [-0.1, -0.05) is 30.3 Å².